The van der Waals surface area contributed by atoms with Gasteiger partial charge in [0.05, 0.1) is 12.1 Å². The molecule has 0 aliphatic carbocycles. The minimum Gasteiger partial charge on any atom is -0.470 e. The van der Waals surface area contributed by atoms with Gasteiger partial charge >= 0.3 is 5.63 Å². The predicted molar refractivity (Wildman–Crippen MR) is 83.2 cm³/mol. The number of benzene rings is 1. The second kappa shape index (κ2) is 4.67. The Labute approximate surface area is 128 Å². The van der Waals surface area contributed by atoms with Gasteiger partial charge in [-0.2, -0.15) is 0 Å². The van der Waals surface area contributed by atoms with E-state index in [0.29, 0.717) is 30.0 Å². The lowest BCUT2D eigenvalue weighted by Crippen LogP contribution is -2.48. The fraction of sp³-hybridized carbons (Fsp3) is 0.278. The Morgan fingerprint density at radius 2 is 2.23 bits per heavy atom. The summed E-state index contributed by atoms with van der Waals surface area (Å²) in [5, 5.41) is 0. The van der Waals surface area contributed by atoms with Crippen LogP contribution in [0.4, 0.5) is 5.69 Å². The van der Waals surface area contributed by atoms with Crippen molar-refractivity contribution in [1.29, 1.82) is 0 Å². The van der Waals surface area contributed by atoms with Crippen LogP contribution in [0.15, 0.2) is 39.5 Å². The van der Waals surface area contributed by atoms with Crippen LogP contribution in [0.5, 0.6) is 5.75 Å². The third kappa shape index (κ3) is 1.75. The van der Waals surface area contributed by atoms with Gasteiger partial charge in [0.25, 0.3) is 0 Å². The summed E-state index contributed by atoms with van der Waals surface area (Å²) < 4.78 is 11.3. The molecule has 0 radical (unpaired) electrons. The van der Waals surface area contributed by atoms with Gasteiger partial charge in [-0.1, -0.05) is 24.1 Å². The first kappa shape index (κ1) is 13.0. The molecule has 0 spiro atoms. The van der Waals surface area contributed by atoms with Crippen LogP contribution >= 0.6 is 0 Å². The lowest BCUT2D eigenvalue weighted by atomic mass is 9.82. The quantitative estimate of drug-likeness (QED) is 0.758. The highest BCUT2D eigenvalue weighted by molar-refractivity contribution is 5.63. The van der Waals surface area contributed by atoms with Crippen LogP contribution in [0, 0.1) is 19.3 Å². The molecule has 2 aliphatic rings. The Bertz CT molecular complexity index is 846. The van der Waals surface area contributed by atoms with Crippen molar-refractivity contribution >= 4 is 5.69 Å². The smallest absolute Gasteiger partial charge is 0.343 e. The Morgan fingerprint density at radius 3 is 3.05 bits per heavy atom. The van der Waals surface area contributed by atoms with Crippen LogP contribution in [0.25, 0.3) is 0 Å². The van der Waals surface area contributed by atoms with Crippen molar-refractivity contribution in [2.24, 2.45) is 0 Å². The summed E-state index contributed by atoms with van der Waals surface area (Å²) in [4.78, 5) is 14.4. The predicted octanol–water partition coefficient (Wildman–Crippen LogP) is 2.64. The van der Waals surface area contributed by atoms with Crippen molar-refractivity contribution in [3.05, 3.63) is 57.6 Å². The third-order valence-corrected chi connectivity index (χ3v) is 4.35. The summed E-state index contributed by atoms with van der Waals surface area (Å²) in [5.41, 5.74) is 2.45. The molecule has 0 saturated heterocycles. The maximum absolute atomic E-state index is 12.3. The number of hydrogen-bond donors (Lipinski definition) is 0. The molecule has 0 fully saturated rings. The number of rotatable bonds is 1. The number of anilines is 1. The maximum Gasteiger partial charge on any atom is 0.343 e. The molecule has 1 aromatic carbocycles. The largest absolute Gasteiger partial charge is 0.470 e. The Kier molecular flexibility index (Phi) is 2.77. The summed E-state index contributed by atoms with van der Waals surface area (Å²) in [7, 11) is 0. The highest BCUT2D eigenvalue weighted by Gasteiger charge is 2.41. The summed E-state index contributed by atoms with van der Waals surface area (Å²) in [6.07, 6.45) is 6.08. The zero-order valence-electron chi connectivity index (χ0n) is 12.2. The molecule has 0 unspecified atom stereocenters. The highest BCUT2D eigenvalue weighted by atomic mass is 16.5. The minimum atomic E-state index is -0.307. The lowest BCUT2D eigenvalue weighted by Gasteiger charge is -2.44. The molecule has 0 amide bonds. The Morgan fingerprint density at radius 1 is 1.41 bits per heavy atom. The topological polar surface area (TPSA) is 42.7 Å². The molecule has 2 bridgehead atoms. The average Bonchev–Trinajstić information content (AvgIpc) is 2.50. The molecule has 0 saturated carbocycles. The van der Waals surface area contributed by atoms with Crippen LogP contribution < -0.4 is 15.3 Å². The highest BCUT2D eigenvalue weighted by Crippen LogP contribution is 2.47. The fourth-order valence-corrected chi connectivity index (χ4v) is 3.48. The molecule has 3 heterocycles. The molecule has 2 aliphatic heterocycles. The average molecular weight is 293 g/mol. The Balaban J connectivity index is 1.96. The summed E-state index contributed by atoms with van der Waals surface area (Å²) in [6, 6.07) is 9.82. The first-order valence-electron chi connectivity index (χ1n) is 7.29. The SMILES string of the molecule is C#CCN1c2ccccc2[C@@H]2C[C@H]1Oc1cc(C)oc(=O)c12. The van der Waals surface area contributed by atoms with Crippen LogP contribution in [0.3, 0.4) is 0 Å². The van der Waals surface area contributed by atoms with Crippen molar-refractivity contribution in [2.45, 2.75) is 25.5 Å². The van der Waals surface area contributed by atoms with Gasteiger partial charge in [-0.3, -0.25) is 0 Å². The molecule has 110 valence electrons. The molecule has 4 heteroatoms. The van der Waals surface area contributed by atoms with Crippen LogP contribution in [-0.4, -0.2) is 12.8 Å². The van der Waals surface area contributed by atoms with Gasteiger partial charge in [0.1, 0.15) is 11.5 Å². The zero-order chi connectivity index (χ0) is 15.3. The van der Waals surface area contributed by atoms with E-state index >= 15 is 0 Å². The molecule has 22 heavy (non-hydrogen) atoms. The molecule has 4 nitrogen and oxygen atoms in total. The van der Waals surface area contributed by atoms with E-state index in [1.807, 2.05) is 24.3 Å². The van der Waals surface area contributed by atoms with Crippen molar-refractivity contribution in [3.8, 4) is 18.1 Å². The van der Waals surface area contributed by atoms with Crippen LogP contribution in [0.2, 0.25) is 0 Å². The number of terminal acetylenes is 1. The van der Waals surface area contributed by atoms with Gasteiger partial charge in [-0.25, -0.2) is 4.79 Å². The second-order valence-electron chi connectivity index (χ2n) is 5.67. The van der Waals surface area contributed by atoms with Crippen LogP contribution in [0.1, 0.15) is 29.2 Å². The second-order valence-corrected chi connectivity index (χ2v) is 5.67. The summed E-state index contributed by atoms with van der Waals surface area (Å²) in [5.74, 6) is 3.86. The van der Waals surface area contributed by atoms with Gasteiger partial charge in [-0.15, -0.1) is 6.42 Å². The van der Waals surface area contributed by atoms with E-state index in [1.165, 1.54) is 0 Å². The maximum atomic E-state index is 12.3. The van der Waals surface area contributed by atoms with Crippen molar-refractivity contribution in [3.63, 3.8) is 0 Å². The normalized spacial score (nSPS) is 21.4. The van der Waals surface area contributed by atoms with E-state index in [4.69, 9.17) is 15.6 Å². The molecule has 2 aromatic rings. The van der Waals surface area contributed by atoms with Gasteiger partial charge in [0, 0.05) is 24.1 Å². The van der Waals surface area contributed by atoms with E-state index in [0.717, 1.165) is 11.3 Å². The first-order chi connectivity index (χ1) is 10.7. The number of fused-ring (bicyclic) bond motifs is 6. The van der Waals surface area contributed by atoms with Gasteiger partial charge in [0.15, 0.2) is 6.23 Å². The lowest BCUT2D eigenvalue weighted by molar-refractivity contribution is 0.150. The van der Waals surface area contributed by atoms with E-state index in [-0.39, 0.29) is 17.8 Å². The summed E-state index contributed by atoms with van der Waals surface area (Å²) in [6.45, 7) is 2.23. The first-order valence-corrected chi connectivity index (χ1v) is 7.29. The fourth-order valence-electron chi connectivity index (χ4n) is 3.48. The zero-order valence-corrected chi connectivity index (χ0v) is 12.2. The number of nitrogens with zero attached hydrogens (tertiary/aromatic N) is 1. The standard InChI is InChI=1S/C18H15NO3/c1-3-8-19-14-7-5-4-6-12(14)13-10-16(19)22-15-9-11(2)21-18(20)17(13)15/h1,4-7,9,13,16H,8,10H2,2H3/t13-,16+/m0/s1. The monoisotopic (exact) mass is 293 g/mol. The van der Waals surface area contributed by atoms with E-state index in [2.05, 4.69) is 10.8 Å². The van der Waals surface area contributed by atoms with E-state index < -0.39 is 0 Å². The number of aryl methyl sites for hydroxylation is 1. The molecule has 0 N–H and O–H groups in total. The van der Waals surface area contributed by atoms with E-state index in [9.17, 15) is 4.79 Å². The number of hydrogen-bond acceptors (Lipinski definition) is 4. The van der Waals surface area contributed by atoms with Crippen LogP contribution in [-0.2, 0) is 0 Å². The Hall–Kier alpha value is -2.67. The number of para-hydroxylation sites is 1. The van der Waals surface area contributed by atoms with E-state index in [1.54, 1.807) is 13.0 Å². The minimum absolute atomic E-state index is 0.00387. The summed E-state index contributed by atoms with van der Waals surface area (Å²) >= 11 is 0. The van der Waals surface area contributed by atoms with Crippen molar-refractivity contribution in [1.82, 2.24) is 0 Å². The number of ether oxygens (including phenoxy) is 1. The molecule has 1 aromatic heterocycles. The van der Waals surface area contributed by atoms with Gasteiger partial charge < -0.3 is 14.1 Å². The molecule has 2 atom stereocenters. The molecular weight excluding hydrogens is 278 g/mol. The third-order valence-electron chi connectivity index (χ3n) is 4.35. The molecular formula is C18H15NO3. The van der Waals surface area contributed by atoms with Gasteiger partial charge in [-0.05, 0) is 18.6 Å². The van der Waals surface area contributed by atoms with Crippen molar-refractivity contribution < 1.29 is 9.15 Å². The van der Waals surface area contributed by atoms with Gasteiger partial charge in [0.2, 0.25) is 0 Å². The molecule has 4 rings (SSSR count). The van der Waals surface area contributed by atoms with Crippen molar-refractivity contribution in [2.75, 3.05) is 11.4 Å².